The summed E-state index contributed by atoms with van der Waals surface area (Å²) < 4.78 is 5.63. The van der Waals surface area contributed by atoms with E-state index in [4.69, 9.17) is 4.74 Å². The molecule has 0 saturated heterocycles. The number of ether oxygens (including phenoxy) is 1. The fraction of sp³-hybridized carbons (Fsp3) is 0.125. The van der Waals surface area contributed by atoms with Gasteiger partial charge in [-0.15, -0.1) is 11.3 Å². The number of carbonyl (C=O) groups is 2. The van der Waals surface area contributed by atoms with Crippen molar-refractivity contribution in [2.24, 2.45) is 0 Å². The number of benzene rings is 2. The molecule has 2 heterocycles. The van der Waals surface area contributed by atoms with Crippen LogP contribution in [0.25, 0.3) is 10.9 Å². The van der Waals surface area contributed by atoms with E-state index in [-0.39, 0.29) is 5.91 Å². The second-order valence-electron chi connectivity index (χ2n) is 6.74. The van der Waals surface area contributed by atoms with Gasteiger partial charge < -0.3 is 10.1 Å². The van der Waals surface area contributed by atoms with E-state index < -0.39 is 12.1 Å². The van der Waals surface area contributed by atoms with Crippen molar-refractivity contribution < 1.29 is 14.3 Å². The van der Waals surface area contributed by atoms with Gasteiger partial charge in [0.05, 0.1) is 5.52 Å². The molecular weight excluding hydrogens is 396 g/mol. The lowest BCUT2D eigenvalue weighted by atomic mass is 10.1. The number of hydrogen-bond donors (Lipinski definition) is 1. The van der Waals surface area contributed by atoms with Crippen LogP contribution in [0.4, 0.5) is 0 Å². The summed E-state index contributed by atoms with van der Waals surface area (Å²) in [5.41, 5.74) is 2.55. The summed E-state index contributed by atoms with van der Waals surface area (Å²) in [4.78, 5) is 30.3. The fourth-order valence-electron chi connectivity index (χ4n) is 3.16. The average molecular weight is 417 g/mol. The van der Waals surface area contributed by atoms with Crippen molar-refractivity contribution in [3.8, 4) is 0 Å². The summed E-state index contributed by atoms with van der Waals surface area (Å²) in [6.45, 7) is 0.449. The molecule has 0 aliphatic carbocycles. The monoisotopic (exact) mass is 416 g/mol. The zero-order valence-electron chi connectivity index (χ0n) is 16.2. The number of pyridine rings is 1. The number of thiophene rings is 1. The first kappa shape index (κ1) is 19.8. The number of aromatic nitrogens is 1. The average Bonchev–Trinajstić information content (AvgIpc) is 3.33. The summed E-state index contributed by atoms with van der Waals surface area (Å²) in [5, 5.41) is 5.58. The summed E-state index contributed by atoms with van der Waals surface area (Å²) in [7, 11) is 0. The molecule has 0 spiro atoms. The predicted octanol–water partition coefficient (Wildman–Crippen LogP) is 4.55. The molecule has 0 radical (unpaired) electrons. The zero-order chi connectivity index (χ0) is 20.8. The molecule has 4 aromatic rings. The maximum atomic E-state index is 13.0. The number of nitrogens with zero attached hydrogens (tertiary/aromatic N) is 1. The van der Waals surface area contributed by atoms with Crippen molar-refractivity contribution in [3.05, 3.63) is 100 Å². The van der Waals surface area contributed by atoms with E-state index in [1.54, 1.807) is 29.8 Å². The maximum Gasteiger partial charge on any atom is 0.349 e. The van der Waals surface area contributed by atoms with Crippen LogP contribution in [-0.2, 0) is 16.0 Å². The lowest BCUT2D eigenvalue weighted by Crippen LogP contribution is -2.33. The molecule has 30 heavy (non-hydrogen) atoms. The van der Waals surface area contributed by atoms with Gasteiger partial charge in [0.25, 0.3) is 5.91 Å². The van der Waals surface area contributed by atoms with E-state index in [1.807, 2.05) is 54.6 Å². The molecule has 2 aromatic carbocycles. The number of nitrogens with one attached hydrogen (secondary N) is 1. The summed E-state index contributed by atoms with van der Waals surface area (Å²) in [5.74, 6) is -0.862. The Morgan fingerprint density at radius 3 is 2.67 bits per heavy atom. The molecule has 4 rings (SSSR count). The molecule has 0 fully saturated rings. The quantitative estimate of drug-likeness (QED) is 0.449. The lowest BCUT2D eigenvalue weighted by Gasteiger charge is -2.18. The van der Waals surface area contributed by atoms with Gasteiger partial charge >= 0.3 is 5.97 Å². The van der Waals surface area contributed by atoms with Gasteiger partial charge in [-0.05, 0) is 41.6 Å². The molecular formula is C24H20N2O3S. The first-order valence-corrected chi connectivity index (χ1v) is 10.5. The van der Waals surface area contributed by atoms with Gasteiger partial charge in [0.15, 0.2) is 0 Å². The molecule has 0 saturated carbocycles. The van der Waals surface area contributed by atoms with E-state index >= 15 is 0 Å². The van der Waals surface area contributed by atoms with Gasteiger partial charge in [-0.1, -0.05) is 48.5 Å². The third-order valence-electron chi connectivity index (χ3n) is 4.67. The van der Waals surface area contributed by atoms with Crippen LogP contribution < -0.4 is 5.32 Å². The highest BCUT2D eigenvalue weighted by Gasteiger charge is 2.26. The lowest BCUT2D eigenvalue weighted by molar-refractivity contribution is -0.130. The first-order chi connectivity index (χ1) is 14.7. The topological polar surface area (TPSA) is 68.3 Å². The SMILES string of the molecule is O=C(O[C@H](C(=O)NCCc1ccccc1)c1ccc2ncccc2c1)c1cccs1. The molecule has 5 nitrogen and oxygen atoms in total. The standard InChI is InChI=1S/C24H20N2O3S/c27-23(26-14-12-17-6-2-1-3-7-17)22(29-24(28)21-9-5-15-30-21)19-10-11-20-18(16-19)8-4-13-25-20/h1-11,13,15-16,22H,12,14H2,(H,26,27)/t22-/m0/s1. The minimum Gasteiger partial charge on any atom is -0.443 e. The van der Waals surface area contributed by atoms with Crippen molar-refractivity contribution in [3.63, 3.8) is 0 Å². The number of amides is 1. The Balaban J connectivity index is 1.54. The first-order valence-electron chi connectivity index (χ1n) is 9.61. The predicted molar refractivity (Wildman–Crippen MR) is 117 cm³/mol. The van der Waals surface area contributed by atoms with Gasteiger partial charge in [0, 0.05) is 23.7 Å². The summed E-state index contributed by atoms with van der Waals surface area (Å²) in [6.07, 6.45) is 1.37. The second-order valence-corrected chi connectivity index (χ2v) is 7.69. The van der Waals surface area contributed by atoms with Gasteiger partial charge in [-0.2, -0.15) is 0 Å². The highest BCUT2D eigenvalue weighted by atomic mass is 32.1. The van der Waals surface area contributed by atoms with Crippen molar-refractivity contribution in [1.29, 1.82) is 0 Å². The number of fused-ring (bicyclic) bond motifs is 1. The van der Waals surface area contributed by atoms with Crippen molar-refractivity contribution in [2.45, 2.75) is 12.5 Å². The van der Waals surface area contributed by atoms with Crippen LogP contribution in [0, 0.1) is 0 Å². The van der Waals surface area contributed by atoms with Gasteiger partial charge in [0.1, 0.15) is 4.88 Å². The molecule has 0 aliphatic heterocycles. The molecule has 0 aliphatic rings. The third-order valence-corrected chi connectivity index (χ3v) is 5.52. The van der Waals surface area contributed by atoms with E-state index in [2.05, 4.69) is 10.3 Å². The number of hydrogen-bond acceptors (Lipinski definition) is 5. The Kier molecular flexibility index (Phi) is 6.15. The molecule has 0 bridgehead atoms. The summed E-state index contributed by atoms with van der Waals surface area (Å²) in [6, 6.07) is 22.6. The molecule has 1 amide bonds. The largest absolute Gasteiger partial charge is 0.443 e. The van der Waals surface area contributed by atoms with E-state index in [1.165, 1.54) is 11.3 Å². The van der Waals surface area contributed by atoms with Gasteiger partial charge in [-0.3, -0.25) is 9.78 Å². The van der Waals surface area contributed by atoms with Crippen LogP contribution in [0.15, 0.2) is 84.4 Å². The van der Waals surface area contributed by atoms with Crippen LogP contribution in [0.3, 0.4) is 0 Å². The van der Waals surface area contributed by atoms with Crippen LogP contribution in [0.1, 0.15) is 26.9 Å². The molecule has 6 heteroatoms. The normalized spacial score (nSPS) is 11.7. The molecule has 1 atom stereocenters. The van der Waals surface area contributed by atoms with Crippen LogP contribution in [-0.4, -0.2) is 23.4 Å². The maximum absolute atomic E-state index is 13.0. The minimum atomic E-state index is -1.04. The minimum absolute atomic E-state index is 0.348. The number of rotatable bonds is 7. The number of carbonyl (C=O) groups excluding carboxylic acids is 2. The Morgan fingerprint density at radius 2 is 1.87 bits per heavy atom. The molecule has 150 valence electrons. The molecule has 2 aromatic heterocycles. The zero-order valence-corrected chi connectivity index (χ0v) is 17.0. The van der Waals surface area contributed by atoms with Crippen LogP contribution >= 0.6 is 11.3 Å². The van der Waals surface area contributed by atoms with Gasteiger partial charge in [0.2, 0.25) is 6.10 Å². The van der Waals surface area contributed by atoms with Crippen molar-refractivity contribution in [2.75, 3.05) is 6.54 Å². The van der Waals surface area contributed by atoms with Crippen molar-refractivity contribution >= 4 is 34.1 Å². The smallest absolute Gasteiger partial charge is 0.349 e. The van der Waals surface area contributed by atoms with E-state index in [0.717, 1.165) is 16.5 Å². The van der Waals surface area contributed by atoms with Gasteiger partial charge in [-0.25, -0.2) is 4.79 Å². The number of esters is 1. The van der Waals surface area contributed by atoms with E-state index in [9.17, 15) is 9.59 Å². The van der Waals surface area contributed by atoms with Crippen molar-refractivity contribution in [1.82, 2.24) is 10.3 Å². The molecule has 0 unspecified atom stereocenters. The van der Waals surface area contributed by atoms with Crippen LogP contribution in [0.5, 0.6) is 0 Å². The Bertz CT molecular complexity index is 1140. The third kappa shape index (κ3) is 4.72. The Morgan fingerprint density at radius 1 is 1.00 bits per heavy atom. The Labute approximate surface area is 178 Å². The van der Waals surface area contributed by atoms with Crippen LogP contribution in [0.2, 0.25) is 0 Å². The van der Waals surface area contributed by atoms with E-state index in [0.29, 0.717) is 23.4 Å². The summed E-state index contributed by atoms with van der Waals surface area (Å²) >= 11 is 1.28. The fourth-order valence-corrected chi connectivity index (χ4v) is 3.76. The highest BCUT2D eigenvalue weighted by molar-refractivity contribution is 7.11. The second kappa shape index (κ2) is 9.33. The Hall–Kier alpha value is -3.51. The highest BCUT2D eigenvalue weighted by Crippen LogP contribution is 2.24. The molecule has 1 N–H and O–H groups in total.